The lowest BCUT2D eigenvalue weighted by atomic mass is 10.1. The normalized spacial score (nSPS) is 10.6. The fraction of sp³-hybridized carbons (Fsp3) is 0.167. The van der Waals surface area contributed by atoms with Crippen LogP contribution in [0.2, 0.25) is 0 Å². The van der Waals surface area contributed by atoms with Gasteiger partial charge in [-0.3, -0.25) is 4.79 Å². The summed E-state index contributed by atoms with van der Waals surface area (Å²) in [6, 6.07) is 1.83. The number of amides is 1. The predicted molar refractivity (Wildman–Crippen MR) is 61.0 cm³/mol. The predicted octanol–water partition coefficient (Wildman–Crippen LogP) is 1.81. The highest BCUT2D eigenvalue weighted by Crippen LogP contribution is 2.16. The first-order chi connectivity index (χ1) is 8.41. The Kier molecular flexibility index (Phi) is 4.53. The summed E-state index contributed by atoms with van der Waals surface area (Å²) in [5.41, 5.74) is -0.797. The molecule has 0 aliphatic heterocycles. The maximum Gasteiger partial charge on any atom is 0.341 e. The van der Waals surface area contributed by atoms with Gasteiger partial charge in [0.05, 0.1) is 0 Å². The maximum atomic E-state index is 13.3. The van der Waals surface area contributed by atoms with Crippen LogP contribution < -0.4 is 5.32 Å². The number of carboxylic acids is 1. The molecule has 0 heterocycles. The second-order valence-corrected chi connectivity index (χ2v) is 3.50. The second kappa shape index (κ2) is 5.90. The Morgan fingerprint density at radius 1 is 1.33 bits per heavy atom. The molecular weight excluding hydrogens is 244 g/mol. The molecule has 0 bridgehead atoms. The van der Waals surface area contributed by atoms with Crippen molar-refractivity contribution in [1.82, 2.24) is 5.32 Å². The molecule has 18 heavy (non-hydrogen) atoms. The van der Waals surface area contributed by atoms with Crippen molar-refractivity contribution in [1.29, 1.82) is 0 Å². The molecule has 0 radical (unpaired) electrons. The molecule has 6 heteroatoms. The van der Waals surface area contributed by atoms with E-state index in [4.69, 9.17) is 5.11 Å². The van der Waals surface area contributed by atoms with E-state index in [0.29, 0.717) is 0 Å². The minimum Gasteiger partial charge on any atom is -0.477 e. The Labute approximate surface area is 102 Å². The highest BCUT2D eigenvalue weighted by Gasteiger charge is 2.16. The molecule has 0 atom stereocenters. The summed E-state index contributed by atoms with van der Waals surface area (Å²) < 4.78 is 26.5. The topological polar surface area (TPSA) is 66.4 Å². The average Bonchev–Trinajstić information content (AvgIpc) is 2.22. The quantitative estimate of drug-likeness (QED) is 0.862. The van der Waals surface area contributed by atoms with Crippen LogP contribution in [0.25, 0.3) is 6.08 Å². The van der Waals surface area contributed by atoms with Crippen molar-refractivity contribution in [2.75, 3.05) is 6.54 Å². The van der Waals surface area contributed by atoms with Gasteiger partial charge in [0.25, 0.3) is 0 Å². The third-order valence-corrected chi connectivity index (χ3v) is 2.06. The monoisotopic (exact) mass is 255 g/mol. The molecule has 0 aliphatic carbocycles. The number of halogens is 2. The summed E-state index contributed by atoms with van der Waals surface area (Å²) in [6.07, 6.45) is 2.88. The van der Waals surface area contributed by atoms with Gasteiger partial charge in [0.1, 0.15) is 17.2 Å². The highest BCUT2D eigenvalue weighted by molar-refractivity contribution is 5.88. The van der Waals surface area contributed by atoms with Crippen LogP contribution >= 0.6 is 0 Å². The van der Waals surface area contributed by atoms with Crippen LogP contribution in [-0.2, 0) is 4.79 Å². The maximum absolute atomic E-state index is 13.3. The molecule has 0 aromatic heterocycles. The van der Waals surface area contributed by atoms with Crippen LogP contribution in [0, 0.1) is 11.6 Å². The summed E-state index contributed by atoms with van der Waals surface area (Å²) >= 11 is 0. The molecule has 2 N–H and O–H groups in total. The molecule has 1 rings (SSSR count). The number of carboxylic acid groups (broad SMARTS) is 1. The summed E-state index contributed by atoms with van der Waals surface area (Å²) in [7, 11) is 0. The zero-order valence-electron chi connectivity index (χ0n) is 9.54. The summed E-state index contributed by atoms with van der Waals surface area (Å²) in [5, 5.41) is 11.0. The van der Waals surface area contributed by atoms with Gasteiger partial charge in [-0.15, -0.1) is 0 Å². The van der Waals surface area contributed by atoms with Crippen LogP contribution in [-0.4, -0.2) is 23.5 Å². The van der Waals surface area contributed by atoms with Gasteiger partial charge in [-0.25, -0.2) is 13.6 Å². The van der Waals surface area contributed by atoms with E-state index in [1.54, 1.807) is 0 Å². The molecule has 0 saturated carbocycles. The van der Waals surface area contributed by atoms with Crippen molar-refractivity contribution in [2.45, 2.75) is 6.92 Å². The highest BCUT2D eigenvalue weighted by atomic mass is 19.1. The molecule has 0 unspecified atom stereocenters. The Hall–Kier alpha value is -2.24. The van der Waals surface area contributed by atoms with E-state index in [2.05, 4.69) is 5.32 Å². The van der Waals surface area contributed by atoms with Gasteiger partial charge in [0.2, 0.25) is 5.91 Å². The third-order valence-electron chi connectivity index (χ3n) is 2.06. The molecule has 1 aromatic rings. The minimum atomic E-state index is -1.65. The fourth-order valence-electron chi connectivity index (χ4n) is 1.29. The molecule has 96 valence electrons. The van der Waals surface area contributed by atoms with Crippen LogP contribution in [0.3, 0.4) is 0 Å². The molecule has 1 aromatic carbocycles. The smallest absolute Gasteiger partial charge is 0.341 e. The zero-order chi connectivity index (χ0) is 13.7. The van der Waals surface area contributed by atoms with Crippen molar-refractivity contribution in [2.24, 2.45) is 0 Å². The number of carbonyl (C=O) groups is 2. The van der Waals surface area contributed by atoms with Crippen LogP contribution in [0.5, 0.6) is 0 Å². The lowest BCUT2D eigenvalue weighted by molar-refractivity contribution is -0.118. The molecule has 0 aliphatic rings. The first-order valence-electron chi connectivity index (χ1n) is 5.05. The van der Waals surface area contributed by atoms with E-state index < -0.39 is 23.2 Å². The molecule has 0 saturated heterocycles. The number of hydrogen-bond donors (Lipinski definition) is 2. The first kappa shape index (κ1) is 13.8. The molecule has 0 spiro atoms. The Morgan fingerprint density at radius 3 is 2.33 bits per heavy atom. The summed E-state index contributed by atoms with van der Waals surface area (Å²) in [4.78, 5) is 21.1. The van der Waals surface area contributed by atoms with Crippen molar-refractivity contribution in [3.8, 4) is 0 Å². The van der Waals surface area contributed by atoms with E-state index in [9.17, 15) is 18.4 Å². The van der Waals surface area contributed by atoms with Gasteiger partial charge in [-0.2, -0.15) is 0 Å². The number of benzene rings is 1. The van der Waals surface area contributed by atoms with E-state index >= 15 is 0 Å². The van der Waals surface area contributed by atoms with Gasteiger partial charge in [0.15, 0.2) is 0 Å². The van der Waals surface area contributed by atoms with Crippen LogP contribution in [0.15, 0.2) is 18.2 Å². The van der Waals surface area contributed by atoms with Crippen molar-refractivity contribution in [3.63, 3.8) is 0 Å². The number of carbonyl (C=O) groups excluding carboxylic acids is 1. The molecule has 0 fully saturated rings. The standard InChI is InChI=1S/C12H11F2NO3/c1-7(16)15-4-2-3-8-5-9(13)11(12(17)18)10(14)6-8/h2-3,5-6H,4H2,1H3,(H,15,16)(H,17,18). The first-order valence-corrected chi connectivity index (χ1v) is 5.05. The van der Waals surface area contributed by atoms with Crippen molar-refractivity contribution >= 4 is 18.0 Å². The average molecular weight is 255 g/mol. The molecule has 4 nitrogen and oxygen atoms in total. The van der Waals surface area contributed by atoms with Crippen LogP contribution in [0.4, 0.5) is 8.78 Å². The fourth-order valence-corrected chi connectivity index (χ4v) is 1.29. The van der Waals surface area contributed by atoms with Crippen molar-refractivity contribution in [3.05, 3.63) is 41.0 Å². The number of hydrogen-bond acceptors (Lipinski definition) is 2. The summed E-state index contributed by atoms with van der Waals surface area (Å²) in [6.45, 7) is 1.56. The van der Waals surface area contributed by atoms with Gasteiger partial charge >= 0.3 is 5.97 Å². The molecule has 1 amide bonds. The zero-order valence-corrected chi connectivity index (χ0v) is 9.54. The Bertz CT molecular complexity index is 489. The van der Waals surface area contributed by atoms with Gasteiger partial charge in [-0.1, -0.05) is 12.2 Å². The Morgan fingerprint density at radius 2 is 1.89 bits per heavy atom. The molecular formula is C12H11F2NO3. The third kappa shape index (κ3) is 3.65. The van der Waals surface area contributed by atoms with Crippen molar-refractivity contribution < 1.29 is 23.5 Å². The number of rotatable bonds is 4. The van der Waals surface area contributed by atoms with E-state index in [1.807, 2.05) is 0 Å². The van der Waals surface area contributed by atoms with E-state index in [-0.39, 0.29) is 18.0 Å². The van der Waals surface area contributed by atoms with E-state index in [0.717, 1.165) is 12.1 Å². The van der Waals surface area contributed by atoms with E-state index in [1.165, 1.54) is 19.1 Å². The lowest BCUT2D eigenvalue weighted by Crippen LogP contribution is -2.19. The summed E-state index contributed by atoms with van der Waals surface area (Å²) in [5.74, 6) is -4.15. The van der Waals surface area contributed by atoms with Gasteiger partial charge < -0.3 is 10.4 Å². The number of aromatic carboxylic acids is 1. The second-order valence-electron chi connectivity index (χ2n) is 3.50. The Balaban J connectivity index is 2.87. The largest absolute Gasteiger partial charge is 0.477 e. The lowest BCUT2D eigenvalue weighted by Gasteiger charge is -2.01. The SMILES string of the molecule is CC(=O)NCC=Cc1cc(F)c(C(=O)O)c(F)c1. The van der Waals surface area contributed by atoms with Gasteiger partial charge in [0, 0.05) is 13.5 Å². The number of nitrogens with one attached hydrogen (secondary N) is 1. The van der Waals surface area contributed by atoms with Crippen LogP contribution in [0.1, 0.15) is 22.8 Å². The van der Waals surface area contributed by atoms with Gasteiger partial charge in [-0.05, 0) is 17.7 Å². The minimum absolute atomic E-state index is 0.181.